The Morgan fingerprint density at radius 3 is 2.87 bits per heavy atom. The van der Waals surface area contributed by atoms with Crippen LogP contribution in [-0.4, -0.2) is 36.4 Å². The second kappa shape index (κ2) is 5.82. The molecule has 15 heavy (non-hydrogen) atoms. The van der Waals surface area contributed by atoms with Gasteiger partial charge in [0.2, 0.25) is 0 Å². The number of nitrogens with zero attached hydrogens (tertiary/aromatic N) is 2. The summed E-state index contributed by atoms with van der Waals surface area (Å²) in [6.45, 7) is 0.975. The van der Waals surface area contributed by atoms with Gasteiger partial charge in [-0.05, 0) is 12.1 Å². The van der Waals surface area contributed by atoms with Gasteiger partial charge in [0.05, 0.1) is 12.8 Å². The van der Waals surface area contributed by atoms with Gasteiger partial charge in [0.25, 0.3) is 0 Å². The predicted octanol–water partition coefficient (Wildman–Crippen LogP) is 0.201. The molecule has 0 aliphatic rings. The van der Waals surface area contributed by atoms with Gasteiger partial charge in [0.15, 0.2) is 5.84 Å². The van der Waals surface area contributed by atoms with Crippen molar-refractivity contribution in [3.8, 4) is 5.75 Å². The van der Waals surface area contributed by atoms with Gasteiger partial charge in [-0.15, -0.1) is 0 Å². The molecule has 82 valence electrons. The van der Waals surface area contributed by atoms with Gasteiger partial charge in [-0.2, -0.15) is 0 Å². The number of methoxy groups -OCH3 is 1. The van der Waals surface area contributed by atoms with Crippen LogP contribution in [0.3, 0.4) is 0 Å². The van der Waals surface area contributed by atoms with Crippen LogP contribution in [0.1, 0.15) is 5.69 Å². The molecule has 0 bridgehead atoms. The highest BCUT2D eigenvalue weighted by Gasteiger charge is 2.00. The predicted molar refractivity (Wildman–Crippen MR) is 54.1 cm³/mol. The van der Waals surface area contributed by atoms with E-state index in [0.717, 1.165) is 0 Å². The fourth-order valence-corrected chi connectivity index (χ4v) is 0.911. The Labute approximate surface area is 87.3 Å². The summed E-state index contributed by atoms with van der Waals surface area (Å²) in [7, 11) is 1.60. The second-order valence-electron chi connectivity index (χ2n) is 2.71. The van der Waals surface area contributed by atoms with E-state index in [-0.39, 0.29) is 5.84 Å². The summed E-state index contributed by atoms with van der Waals surface area (Å²) in [5.41, 5.74) is 5.74. The number of amidine groups is 1. The third-order valence-electron chi connectivity index (χ3n) is 1.66. The smallest absolute Gasteiger partial charge is 0.188 e. The lowest BCUT2D eigenvalue weighted by Crippen LogP contribution is -2.14. The van der Waals surface area contributed by atoms with Crippen molar-refractivity contribution in [2.24, 2.45) is 10.9 Å². The Hall–Kier alpha value is -1.82. The molecule has 1 heterocycles. The molecule has 1 aromatic heterocycles. The van der Waals surface area contributed by atoms with Crippen LogP contribution >= 0.6 is 0 Å². The fraction of sp³-hybridized carbons (Fsp3) is 0.333. The van der Waals surface area contributed by atoms with Crippen molar-refractivity contribution in [2.75, 3.05) is 20.3 Å². The van der Waals surface area contributed by atoms with Crippen LogP contribution in [0, 0.1) is 0 Å². The van der Waals surface area contributed by atoms with Crippen molar-refractivity contribution < 1.29 is 14.7 Å². The van der Waals surface area contributed by atoms with Gasteiger partial charge >= 0.3 is 0 Å². The zero-order valence-corrected chi connectivity index (χ0v) is 8.38. The highest BCUT2D eigenvalue weighted by Crippen LogP contribution is 2.08. The number of ether oxygens (including phenoxy) is 2. The number of oxime groups is 1. The molecule has 0 aliphatic heterocycles. The molecule has 1 aromatic rings. The fourth-order valence-electron chi connectivity index (χ4n) is 0.911. The molecule has 0 amide bonds. The maximum atomic E-state index is 8.41. The van der Waals surface area contributed by atoms with Crippen LogP contribution in [0.5, 0.6) is 5.75 Å². The third-order valence-corrected chi connectivity index (χ3v) is 1.66. The van der Waals surface area contributed by atoms with Crippen LogP contribution in [0.4, 0.5) is 0 Å². The van der Waals surface area contributed by atoms with Crippen molar-refractivity contribution in [1.29, 1.82) is 0 Å². The largest absolute Gasteiger partial charge is 0.490 e. The molecule has 6 nitrogen and oxygen atoms in total. The highest BCUT2D eigenvalue weighted by atomic mass is 16.5. The first-order chi connectivity index (χ1) is 7.27. The molecule has 0 spiro atoms. The van der Waals surface area contributed by atoms with E-state index < -0.39 is 0 Å². The van der Waals surface area contributed by atoms with Crippen molar-refractivity contribution in [2.45, 2.75) is 0 Å². The molecular formula is C9H13N3O3. The number of nitrogens with two attached hydrogens (primary N) is 1. The second-order valence-corrected chi connectivity index (χ2v) is 2.71. The molecule has 6 heteroatoms. The zero-order valence-electron chi connectivity index (χ0n) is 8.38. The molecule has 1 rings (SSSR count). The third kappa shape index (κ3) is 3.43. The van der Waals surface area contributed by atoms with E-state index in [1.165, 1.54) is 6.20 Å². The van der Waals surface area contributed by atoms with E-state index in [0.29, 0.717) is 24.7 Å². The number of aromatic nitrogens is 1. The summed E-state index contributed by atoms with van der Waals surface area (Å²) in [6.07, 6.45) is 1.50. The Morgan fingerprint density at radius 2 is 2.33 bits per heavy atom. The first-order valence-electron chi connectivity index (χ1n) is 4.33. The summed E-state index contributed by atoms with van der Waals surface area (Å²) >= 11 is 0. The highest BCUT2D eigenvalue weighted by molar-refractivity contribution is 5.95. The van der Waals surface area contributed by atoms with Gasteiger partial charge < -0.3 is 20.4 Å². The van der Waals surface area contributed by atoms with E-state index in [4.69, 9.17) is 20.4 Å². The summed E-state index contributed by atoms with van der Waals surface area (Å²) in [5, 5.41) is 11.2. The molecule has 0 atom stereocenters. The van der Waals surface area contributed by atoms with Crippen LogP contribution < -0.4 is 10.5 Å². The summed E-state index contributed by atoms with van der Waals surface area (Å²) < 4.78 is 10.1. The van der Waals surface area contributed by atoms with E-state index in [1.807, 2.05) is 0 Å². The lowest BCUT2D eigenvalue weighted by Gasteiger charge is -2.05. The van der Waals surface area contributed by atoms with Crippen molar-refractivity contribution >= 4 is 5.84 Å². The molecule has 0 fully saturated rings. The standard InChI is InChI=1S/C9H13N3O3/c1-14-4-5-15-7-2-3-8(11-6-7)9(10)12-13/h2-3,6,13H,4-5H2,1H3,(H2,10,12). The normalized spacial score (nSPS) is 11.4. The Bertz CT molecular complexity index is 324. The molecule has 0 radical (unpaired) electrons. The van der Waals surface area contributed by atoms with Crippen molar-refractivity contribution in [3.05, 3.63) is 24.0 Å². The average Bonchev–Trinajstić information content (AvgIpc) is 2.29. The van der Waals surface area contributed by atoms with E-state index in [2.05, 4.69) is 10.1 Å². The van der Waals surface area contributed by atoms with E-state index in [1.54, 1.807) is 19.2 Å². The summed E-state index contributed by atoms with van der Waals surface area (Å²) in [6, 6.07) is 3.30. The van der Waals surface area contributed by atoms with E-state index >= 15 is 0 Å². The first-order valence-corrected chi connectivity index (χ1v) is 4.33. The van der Waals surface area contributed by atoms with Gasteiger partial charge in [-0.3, -0.25) is 0 Å². The number of rotatable bonds is 5. The van der Waals surface area contributed by atoms with E-state index in [9.17, 15) is 0 Å². The Balaban J connectivity index is 2.56. The first kappa shape index (κ1) is 11.3. The Morgan fingerprint density at radius 1 is 1.53 bits per heavy atom. The van der Waals surface area contributed by atoms with Gasteiger partial charge in [0, 0.05) is 7.11 Å². The van der Waals surface area contributed by atoms with Crippen LogP contribution in [0.25, 0.3) is 0 Å². The Kier molecular flexibility index (Phi) is 4.36. The maximum Gasteiger partial charge on any atom is 0.188 e. The molecule has 0 saturated carbocycles. The zero-order chi connectivity index (χ0) is 11.1. The van der Waals surface area contributed by atoms with Gasteiger partial charge in [-0.1, -0.05) is 5.16 Å². The minimum Gasteiger partial charge on any atom is -0.490 e. The molecule has 0 unspecified atom stereocenters. The lowest BCUT2D eigenvalue weighted by molar-refractivity contribution is 0.146. The maximum absolute atomic E-state index is 8.41. The molecule has 0 saturated heterocycles. The molecule has 3 N–H and O–H groups in total. The topological polar surface area (TPSA) is 90.0 Å². The number of pyridine rings is 1. The summed E-state index contributed by atoms with van der Waals surface area (Å²) in [4.78, 5) is 3.95. The van der Waals surface area contributed by atoms with Crippen LogP contribution in [0.15, 0.2) is 23.5 Å². The van der Waals surface area contributed by atoms with Crippen LogP contribution in [-0.2, 0) is 4.74 Å². The lowest BCUT2D eigenvalue weighted by atomic mass is 10.3. The minimum atomic E-state index is -0.0292. The molecule has 0 aliphatic carbocycles. The number of hydrogen-bond acceptors (Lipinski definition) is 5. The minimum absolute atomic E-state index is 0.0292. The molecular weight excluding hydrogens is 198 g/mol. The SMILES string of the molecule is COCCOc1ccc(/C(N)=N/O)nc1. The van der Waals surface area contributed by atoms with Crippen LogP contribution in [0.2, 0.25) is 0 Å². The average molecular weight is 211 g/mol. The molecule has 0 aromatic carbocycles. The van der Waals surface area contributed by atoms with Gasteiger partial charge in [-0.25, -0.2) is 4.98 Å². The quantitative estimate of drug-likeness (QED) is 0.239. The monoisotopic (exact) mass is 211 g/mol. The van der Waals surface area contributed by atoms with Crippen molar-refractivity contribution in [1.82, 2.24) is 4.98 Å². The summed E-state index contributed by atoms with van der Waals surface area (Å²) in [5.74, 6) is 0.583. The van der Waals surface area contributed by atoms with Crippen molar-refractivity contribution in [3.63, 3.8) is 0 Å². The number of hydrogen-bond donors (Lipinski definition) is 2. The van der Waals surface area contributed by atoms with Gasteiger partial charge in [0.1, 0.15) is 18.1 Å².